The molecule has 0 radical (unpaired) electrons. The van der Waals surface area contributed by atoms with Crippen molar-refractivity contribution in [2.75, 3.05) is 27.4 Å². The molecule has 0 unspecified atom stereocenters. The fourth-order valence-electron chi connectivity index (χ4n) is 3.21. The summed E-state index contributed by atoms with van der Waals surface area (Å²) in [7, 11) is 2.50. The van der Waals surface area contributed by atoms with E-state index in [1.165, 1.54) is 33.1 Å². The minimum Gasteiger partial charge on any atom is -0.497 e. The SMILES string of the molecule is CCOC(=O)C(C(=O)OCC)[C@@H](C(=O)OC)c1nc2ccc(OC)cc2c(C#N)c1C#N. The Kier molecular flexibility index (Phi) is 8.08. The Morgan fingerprint density at radius 1 is 0.969 bits per heavy atom. The van der Waals surface area contributed by atoms with Gasteiger partial charge in [0, 0.05) is 5.39 Å². The van der Waals surface area contributed by atoms with Gasteiger partial charge < -0.3 is 18.9 Å². The van der Waals surface area contributed by atoms with E-state index in [-0.39, 0.29) is 35.6 Å². The van der Waals surface area contributed by atoms with Crippen LogP contribution in [0.5, 0.6) is 5.75 Å². The molecule has 0 fully saturated rings. The van der Waals surface area contributed by atoms with E-state index in [2.05, 4.69) is 4.98 Å². The first-order valence-corrected chi connectivity index (χ1v) is 9.61. The summed E-state index contributed by atoms with van der Waals surface area (Å²) >= 11 is 0. The van der Waals surface area contributed by atoms with Crippen LogP contribution in [0.25, 0.3) is 10.9 Å². The number of benzene rings is 1. The molecule has 0 saturated heterocycles. The Hall–Kier alpha value is -4.18. The van der Waals surface area contributed by atoms with E-state index >= 15 is 0 Å². The number of aromatic nitrogens is 1. The second-order valence-corrected chi connectivity index (χ2v) is 6.34. The van der Waals surface area contributed by atoms with Gasteiger partial charge in [0.25, 0.3) is 0 Å². The lowest BCUT2D eigenvalue weighted by Gasteiger charge is -2.23. The summed E-state index contributed by atoms with van der Waals surface area (Å²) in [6.07, 6.45) is 0. The maximum atomic E-state index is 12.8. The van der Waals surface area contributed by atoms with Crippen molar-refractivity contribution < 1.29 is 33.3 Å². The zero-order valence-electron chi connectivity index (χ0n) is 18.0. The van der Waals surface area contributed by atoms with E-state index in [0.29, 0.717) is 11.1 Å². The monoisotopic (exact) mass is 439 g/mol. The second-order valence-electron chi connectivity index (χ2n) is 6.34. The molecule has 0 bridgehead atoms. The zero-order chi connectivity index (χ0) is 23.8. The lowest BCUT2D eigenvalue weighted by molar-refractivity contribution is -0.167. The highest BCUT2D eigenvalue weighted by Gasteiger charge is 2.46. The first kappa shape index (κ1) is 24.1. The minimum absolute atomic E-state index is 0.0673. The molecule has 32 heavy (non-hydrogen) atoms. The summed E-state index contributed by atoms with van der Waals surface area (Å²) in [4.78, 5) is 42.5. The van der Waals surface area contributed by atoms with Crippen molar-refractivity contribution in [3.05, 3.63) is 35.0 Å². The van der Waals surface area contributed by atoms with Gasteiger partial charge >= 0.3 is 17.9 Å². The number of hydrogen-bond donors (Lipinski definition) is 0. The highest BCUT2D eigenvalue weighted by molar-refractivity contribution is 6.02. The molecule has 1 aromatic heterocycles. The van der Waals surface area contributed by atoms with Crippen LogP contribution in [-0.4, -0.2) is 50.3 Å². The fraction of sp³-hybridized carbons (Fsp3) is 0.364. The Balaban J connectivity index is 2.90. The van der Waals surface area contributed by atoms with Gasteiger partial charge in [0.05, 0.1) is 49.8 Å². The number of ether oxygens (including phenoxy) is 4. The predicted molar refractivity (Wildman–Crippen MR) is 109 cm³/mol. The van der Waals surface area contributed by atoms with E-state index < -0.39 is 29.7 Å². The molecule has 0 saturated carbocycles. The zero-order valence-corrected chi connectivity index (χ0v) is 18.0. The Morgan fingerprint density at radius 2 is 1.56 bits per heavy atom. The van der Waals surface area contributed by atoms with Crippen molar-refractivity contribution in [3.63, 3.8) is 0 Å². The van der Waals surface area contributed by atoms with Gasteiger partial charge in [-0.2, -0.15) is 10.5 Å². The van der Waals surface area contributed by atoms with Crippen LogP contribution in [0, 0.1) is 28.6 Å². The number of nitriles is 2. The van der Waals surface area contributed by atoms with Crippen molar-refractivity contribution >= 4 is 28.8 Å². The van der Waals surface area contributed by atoms with Crippen LogP contribution in [-0.2, 0) is 28.6 Å². The number of methoxy groups -OCH3 is 2. The van der Waals surface area contributed by atoms with E-state index in [4.69, 9.17) is 18.9 Å². The van der Waals surface area contributed by atoms with Crippen molar-refractivity contribution in [1.82, 2.24) is 4.98 Å². The van der Waals surface area contributed by atoms with Crippen LogP contribution in [0.1, 0.15) is 36.6 Å². The average Bonchev–Trinajstić information content (AvgIpc) is 2.80. The standard InChI is InChI=1S/C22H21N3O7/c1-5-31-21(27)18(22(28)32-6-2)17(20(26)30-4)19-15(11-24)14(10-23)13-9-12(29-3)7-8-16(13)25-19/h7-9,17-18H,5-6H2,1-4H3/t17-/m1/s1. The van der Waals surface area contributed by atoms with Gasteiger partial charge in [0.1, 0.15) is 23.8 Å². The lowest BCUT2D eigenvalue weighted by atomic mass is 9.85. The number of pyridine rings is 1. The lowest BCUT2D eigenvalue weighted by Crippen LogP contribution is -2.38. The van der Waals surface area contributed by atoms with E-state index in [1.54, 1.807) is 6.07 Å². The molecule has 10 heteroatoms. The van der Waals surface area contributed by atoms with Crippen LogP contribution in [0.2, 0.25) is 0 Å². The molecule has 1 atom stereocenters. The molecule has 1 aromatic carbocycles. The third-order valence-electron chi connectivity index (χ3n) is 4.61. The molecule has 166 valence electrons. The highest BCUT2D eigenvalue weighted by Crippen LogP contribution is 2.34. The molecule has 1 heterocycles. The van der Waals surface area contributed by atoms with E-state index in [0.717, 1.165) is 7.11 Å². The average molecular weight is 439 g/mol. The molecule has 0 aliphatic rings. The van der Waals surface area contributed by atoms with Crippen molar-refractivity contribution in [3.8, 4) is 17.9 Å². The topological polar surface area (TPSA) is 149 Å². The molecule has 0 aliphatic carbocycles. The molecule has 0 N–H and O–H groups in total. The number of rotatable bonds is 8. The highest BCUT2D eigenvalue weighted by atomic mass is 16.6. The van der Waals surface area contributed by atoms with Crippen LogP contribution >= 0.6 is 0 Å². The number of carbonyl (C=O) groups excluding carboxylic acids is 3. The summed E-state index contributed by atoms with van der Waals surface area (Å²) in [5, 5.41) is 19.9. The quantitative estimate of drug-likeness (QED) is 0.339. The summed E-state index contributed by atoms with van der Waals surface area (Å²) in [5.74, 6) is -6.14. The second kappa shape index (κ2) is 10.7. The van der Waals surface area contributed by atoms with Gasteiger partial charge in [-0.3, -0.25) is 19.4 Å². The van der Waals surface area contributed by atoms with Gasteiger partial charge in [0.2, 0.25) is 0 Å². The predicted octanol–water partition coefficient (Wildman–Crippen LogP) is 1.99. The largest absolute Gasteiger partial charge is 0.497 e. The number of nitrogens with zero attached hydrogens (tertiary/aromatic N) is 3. The molecule has 0 aliphatic heterocycles. The number of hydrogen-bond acceptors (Lipinski definition) is 10. The number of carbonyl (C=O) groups is 3. The van der Waals surface area contributed by atoms with Crippen molar-refractivity contribution in [1.29, 1.82) is 10.5 Å². The number of fused-ring (bicyclic) bond motifs is 1. The van der Waals surface area contributed by atoms with Gasteiger partial charge in [-0.1, -0.05) is 0 Å². The third kappa shape index (κ3) is 4.60. The molecular weight excluding hydrogens is 418 g/mol. The van der Waals surface area contributed by atoms with Crippen molar-refractivity contribution in [2.24, 2.45) is 5.92 Å². The summed E-state index contributed by atoms with van der Waals surface area (Å²) in [6, 6.07) is 8.42. The molecule has 0 amide bonds. The molecule has 0 spiro atoms. The molecule has 2 aromatic rings. The minimum atomic E-state index is -1.79. The van der Waals surface area contributed by atoms with E-state index in [1.807, 2.05) is 12.1 Å². The van der Waals surface area contributed by atoms with Gasteiger partial charge in [-0.15, -0.1) is 0 Å². The first-order chi connectivity index (χ1) is 15.4. The Morgan fingerprint density at radius 3 is 2.03 bits per heavy atom. The molecule has 10 nitrogen and oxygen atoms in total. The fourth-order valence-corrected chi connectivity index (χ4v) is 3.21. The normalized spacial score (nSPS) is 11.2. The maximum Gasteiger partial charge on any atom is 0.321 e. The van der Waals surface area contributed by atoms with E-state index in [9.17, 15) is 24.9 Å². The van der Waals surface area contributed by atoms with Gasteiger partial charge in [0.15, 0.2) is 5.92 Å². The van der Waals surface area contributed by atoms with Gasteiger partial charge in [-0.25, -0.2) is 0 Å². The van der Waals surface area contributed by atoms with Crippen LogP contribution in [0.15, 0.2) is 18.2 Å². The Labute approximate surface area is 184 Å². The van der Waals surface area contributed by atoms with Crippen LogP contribution in [0.3, 0.4) is 0 Å². The van der Waals surface area contributed by atoms with Crippen molar-refractivity contribution in [2.45, 2.75) is 19.8 Å². The van der Waals surface area contributed by atoms with Crippen LogP contribution < -0.4 is 4.74 Å². The summed E-state index contributed by atoms with van der Waals surface area (Å²) in [5.41, 5.74) is -0.384. The first-order valence-electron chi connectivity index (χ1n) is 9.61. The summed E-state index contributed by atoms with van der Waals surface area (Å²) < 4.78 is 19.9. The maximum absolute atomic E-state index is 12.8. The van der Waals surface area contributed by atoms with Gasteiger partial charge in [-0.05, 0) is 32.0 Å². The smallest absolute Gasteiger partial charge is 0.321 e. The number of esters is 3. The molecular formula is C22H21N3O7. The summed E-state index contributed by atoms with van der Waals surface area (Å²) in [6.45, 7) is 2.93. The Bertz CT molecular complexity index is 1110. The molecule has 2 rings (SSSR count). The van der Waals surface area contributed by atoms with Crippen LogP contribution in [0.4, 0.5) is 0 Å². The third-order valence-corrected chi connectivity index (χ3v) is 4.61.